The highest BCUT2D eigenvalue weighted by atomic mass is 16.5. The van der Waals surface area contributed by atoms with Gasteiger partial charge in [0.25, 0.3) is 0 Å². The molecule has 0 N–H and O–H groups in total. The van der Waals surface area contributed by atoms with Crippen molar-refractivity contribution in [3.05, 3.63) is 72.1 Å². The van der Waals surface area contributed by atoms with Crippen molar-refractivity contribution in [1.82, 2.24) is 4.98 Å². The Morgan fingerprint density at radius 1 is 1.38 bits per heavy atom. The fraction of sp³-hybridized carbons (Fsp3) is 0.318. The van der Waals surface area contributed by atoms with E-state index in [0.29, 0.717) is 11.8 Å². The normalized spacial score (nSPS) is 18.9. The Balaban J connectivity index is 1.74. The Bertz CT molecular complexity index is 755. The van der Waals surface area contributed by atoms with Crippen LogP contribution in [0.2, 0.25) is 0 Å². The molecule has 0 aliphatic heterocycles. The van der Waals surface area contributed by atoms with Crippen molar-refractivity contribution in [2.75, 3.05) is 7.11 Å². The molecule has 122 valence electrons. The van der Waals surface area contributed by atoms with Crippen molar-refractivity contribution in [1.29, 1.82) is 0 Å². The molecule has 2 aromatic rings. The number of hydrogen-bond donors (Lipinski definition) is 0. The quantitative estimate of drug-likeness (QED) is 0.599. The predicted octanol–water partition coefficient (Wildman–Crippen LogP) is 4.75. The molecule has 2 atom stereocenters. The number of ether oxygens (including phenoxy) is 1. The monoisotopic (exact) mass is 317 g/mol. The molecule has 1 heterocycles. The Labute approximate surface area is 144 Å². The van der Waals surface area contributed by atoms with Gasteiger partial charge in [-0.1, -0.05) is 24.0 Å². The number of rotatable bonds is 4. The van der Waals surface area contributed by atoms with Crippen molar-refractivity contribution in [2.24, 2.45) is 5.92 Å². The van der Waals surface area contributed by atoms with E-state index < -0.39 is 0 Å². The number of methoxy groups -OCH3 is 1. The van der Waals surface area contributed by atoms with Gasteiger partial charge in [0.05, 0.1) is 7.11 Å². The first-order valence-electron chi connectivity index (χ1n) is 8.50. The molecular formula is C22H23NO. The van der Waals surface area contributed by atoms with Gasteiger partial charge in [-0.3, -0.25) is 4.98 Å². The van der Waals surface area contributed by atoms with Gasteiger partial charge in [-0.25, -0.2) is 0 Å². The molecule has 0 spiro atoms. The molecule has 1 aliphatic carbocycles. The lowest BCUT2D eigenvalue weighted by Crippen LogP contribution is -2.19. The summed E-state index contributed by atoms with van der Waals surface area (Å²) in [7, 11) is 1.72. The summed E-state index contributed by atoms with van der Waals surface area (Å²) in [4.78, 5) is 4.10. The Morgan fingerprint density at radius 3 is 3.04 bits per heavy atom. The molecule has 0 saturated heterocycles. The Morgan fingerprint density at radius 2 is 2.29 bits per heavy atom. The Kier molecular flexibility index (Phi) is 5.33. The molecule has 2 nitrogen and oxygen atoms in total. The van der Waals surface area contributed by atoms with Crippen LogP contribution in [0.25, 0.3) is 0 Å². The topological polar surface area (TPSA) is 22.1 Å². The number of benzene rings is 1. The maximum atomic E-state index is 5.37. The van der Waals surface area contributed by atoms with Gasteiger partial charge < -0.3 is 4.74 Å². The van der Waals surface area contributed by atoms with E-state index in [1.807, 2.05) is 18.3 Å². The fourth-order valence-corrected chi connectivity index (χ4v) is 3.52. The lowest BCUT2D eigenvalue weighted by atomic mass is 9.73. The van der Waals surface area contributed by atoms with Crippen molar-refractivity contribution < 1.29 is 4.74 Å². The summed E-state index contributed by atoms with van der Waals surface area (Å²) in [5.74, 6) is 8.48. The van der Waals surface area contributed by atoms with Crippen LogP contribution in [0.5, 0.6) is 5.75 Å². The maximum absolute atomic E-state index is 5.37. The second-order valence-electron chi connectivity index (χ2n) is 6.19. The number of pyridine rings is 1. The molecule has 0 bridgehead atoms. The number of allylic oxidation sites excluding steroid dienone is 1. The van der Waals surface area contributed by atoms with Gasteiger partial charge in [-0.2, -0.15) is 0 Å². The molecule has 0 fully saturated rings. The first-order valence-corrected chi connectivity index (χ1v) is 8.50. The second kappa shape index (κ2) is 7.84. The lowest BCUT2D eigenvalue weighted by molar-refractivity contribution is 0.405. The minimum Gasteiger partial charge on any atom is -0.497 e. The summed E-state index contributed by atoms with van der Waals surface area (Å²) in [6.07, 6.45) is 9.89. The van der Waals surface area contributed by atoms with Crippen LogP contribution in [0.4, 0.5) is 0 Å². The van der Waals surface area contributed by atoms with Crippen molar-refractivity contribution in [3.63, 3.8) is 0 Å². The van der Waals surface area contributed by atoms with E-state index in [9.17, 15) is 0 Å². The zero-order chi connectivity index (χ0) is 16.8. The standard InChI is InChI=1S/C22H23NO/c1-3-18-10-11-19-15-20(24-2)12-13-22(19)21(18)9-5-4-7-17-8-6-14-23-16-17/h3,6,8,12-16,18,21H,1,5,9-11H2,2H3/t18-,21+/m1/s1. The van der Waals surface area contributed by atoms with Gasteiger partial charge in [0.15, 0.2) is 0 Å². The van der Waals surface area contributed by atoms with E-state index in [1.54, 1.807) is 13.3 Å². The third-order valence-electron chi connectivity index (χ3n) is 4.79. The minimum atomic E-state index is 0.500. The molecule has 24 heavy (non-hydrogen) atoms. The van der Waals surface area contributed by atoms with Crippen LogP contribution in [0, 0.1) is 17.8 Å². The zero-order valence-corrected chi connectivity index (χ0v) is 14.2. The van der Waals surface area contributed by atoms with Crippen molar-refractivity contribution >= 4 is 0 Å². The molecule has 1 aliphatic rings. The van der Waals surface area contributed by atoms with E-state index in [2.05, 4.69) is 47.7 Å². The van der Waals surface area contributed by atoms with Gasteiger partial charge in [0.2, 0.25) is 0 Å². The van der Waals surface area contributed by atoms with Crippen molar-refractivity contribution in [2.45, 2.75) is 31.6 Å². The van der Waals surface area contributed by atoms with Crippen molar-refractivity contribution in [3.8, 4) is 17.6 Å². The van der Waals surface area contributed by atoms with Crippen LogP contribution in [-0.2, 0) is 6.42 Å². The van der Waals surface area contributed by atoms with Gasteiger partial charge in [-0.15, -0.1) is 6.58 Å². The predicted molar refractivity (Wildman–Crippen MR) is 98.1 cm³/mol. The van der Waals surface area contributed by atoms with Crippen LogP contribution in [0.15, 0.2) is 55.4 Å². The summed E-state index contributed by atoms with van der Waals surface area (Å²) in [6, 6.07) is 10.4. The van der Waals surface area contributed by atoms with Gasteiger partial charge in [0.1, 0.15) is 5.75 Å². The molecule has 0 amide bonds. The smallest absolute Gasteiger partial charge is 0.119 e. The molecule has 2 heteroatoms. The van der Waals surface area contributed by atoms with Gasteiger partial charge in [-0.05, 0) is 66.5 Å². The number of nitrogens with zero attached hydrogens (tertiary/aromatic N) is 1. The number of fused-ring (bicyclic) bond motifs is 1. The van der Waals surface area contributed by atoms with E-state index in [4.69, 9.17) is 4.74 Å². The molecule has 1 aromatic heterocycles. The highest BCUT2D eigenvalue weighted by Gasteiger charge is 2.27. The number of aryl methyl sites for hydroxylation is 1. The average molecular weight is 317 g/mol. The largest absolute Gasteiger partial charge is 0.497 e. The highest BCUT2D eigenvalue weighted by Crippen LogP contribution is 2.40. The van der Waals surface area contributed by atoms with Crippen LogP contribution < -0.4 is 4.74 Å². The maximum Gasteiger partial charge on any atom is 0.119 e. The summed E-state index contributed by atoms with van der Waals surface area (Å²) in [6.45, 7) is 4.05. The van der Waals surface area contributed by atoms with E-state index >= 15 is 0 Å². The van der Waals surface area contributed by atoms with Crippen LogP contribution in [0.1, 0.15) is 41.9 Å². The number of aromatic nitrogens is 1. The second-order valence-corrected chi connectivity index (χ2v) is 6.19. The molecule has 0 radical (unpaired) electrons. The average Bonchev–Trinajstić information content (AvgIpc) is 2.65. The summed E-state index contributed by atoms with van der Waals surface area (Å²) >= 11 is 0. The third-order valence-corrected chi connectivity index (χ3v) is 4.79. The van der Waals surface area contributed by atoms with Crippen LogP contribution in [-0.4, -0.2) is 12.1 Å². The summed E-state index contributed by atoms with van der Waals surface area (Å²) < 4.78 is 5.37. The van der Waals surface area contributed by atoms with Gasteiger partial charge >= 0.3 is 0 Å². The first-order chi connectivity index (χ1) is 11.8. The van der Waals surface area contributed by atoms with Crippen LogP contribution >= 0.6 is 0 Å². The minimum absolute atomic E-state index is 0.500. The van der Waals surface area contributed by atoms with E-state index in [-0.39, 0.29) is 0 Å². The molecule has 1 aromatic carbocycles. The van der Waals surface area contributed by atoms with Crippen LogP contribution in [0.3, 0.4) is 0 Å². The van der Waals surface area contributed by atoms with E-state index in [1.165, 1.54) is 11.1 Å². The SMILES string of the molecule is C=C[C@@H]1CCc2cc(OC)ccc2[C@H]1CCC#Cc1cccnc1. The zero-order valence-electron chi connectivity index (χ0n) is 14.2. The van der Waals surface area contributed by atoms with Gasteiger partial charge in [0, 0.05) is 24.4 Å². The van der Waals surface area contributed by atoms with E-state index in [0.717, 1.165) is 37.0 Å². The summed E-state index contributed by atoms with van der Waals surface area (Å²) in [5.41, 5.74) is 3.83. The first kappa shape index (κ1) is 16.3. The fourth-order valence-electron chi connectivity index (χ4n) is 3.52. The highest BCUT2D eigenvalue weighted by molar-refractivity contribution is 5.40. The number of hydrogen-bond acceptors (Lipinski definition) is 2. The lowest BCUT2D eigenvalue weighted by Gasteiger charge is -2.32. The summed E-state index contributed by atoms with van der Waals surface area (Å²) in [5, 5.41) is 0. The molecule has 0 saturated carbocycles. The Hall–Kier alpha value is -2.53. The molecular weight excluding hydrogens is 294 g/mol. The third kappa shape index (κ3) is 3.68. The molecule has 0 unspecified atom stereocenters. The molecule has 3 rings (SSSR count).